The summed E-state index contributed by atoms with van der Waals surface area (Å²) in [7, 11) is 1.38. The van der Waals surface area contributed by atoms with Crippen LogP contribution < -0.4 is 5.32 Å². The van der Waals surface area contributed by atoms with Crippen LogP contribution in [-0.4, -0.2) is 43.5 Å². The van der Waals surface area contributed by atoms with Crippen LogP contribution >= 0.6 is 0 Å². The van der Waals surface area contributed by atoms with E-state index < -0.39 is 0 Å². The Bertz CT molecular complexity index is 552. The Morgan fingerprint density at radius 1 is 1.32 bits per heavy atom. The van der Waals surface area contributed by atoms with Crippen molar-refractivity contribution in [2.45, 2.75) is 25.3 Å². The molecule has 1 atom stereocenters. The van der Waals surface area contributed by atoms with Gasteiger partial charge in [-0.3, -0.25) is 9.69 Å². The standard InChI is InChI=1S/C17H22N2O3/c1-22-17(21)14-6-4-13(5-7-14)15-10-16(20)18-8-9-19(15)11-12-2-3-12/h4-7,12,15H,2-3,8-11H2,1H3,(H,18,20). The number of benzene rings is 1. The summed E-state index contributed by atoms with van der Waals surface area (Å²) in [6.45, 7) is 2.65. The number of hydrogen-bond donors (Lipinski definition) is 1. The zero-order valence-corrected chi connectivity index (χ0v) is 12.9. The number of nitrogens with zero attached hydrogens (tertiary/aromatic N) is 1. The van der Waals surface area contributed by atoms with Gasteiger partial charge in [-0.15, -0.1) is 0 Å². The number of methoxy groups -OCH3 is 1. The van der Waals surface area contributed by atoms with Crippen LogP contribution in [0.4, 0.5) is 0 Å². The number of rotatable bonds is 4. The topological polar surface area (TPSA) is 58.6 Å². The van der Waals surface area contributed by atoms with E-state index in [-0.39, 0.29) is 17.9 Å². The van der Waals surface area contributed by atoms with Crippen LogP contribution in [0.15, 0.2) is 24.3 Å². The number of carbonyl (C=O) groups excluding carboxylic acids is 2. The molecule has 1 saturated heterocycles. The van der Waals surface area contributed by atoms with E-state index in [1.165, 1.54) is 20.0 Å². The molecule has 22 heavy (non-hydrogen) atoms. The maximum Gasteiger partial charge on any atom is 0.337 e. The minimum Gasteiger partial charge on any atom is -0.465 e. The molecule has 5 nitrogen and oxygen atoms in total. The van der Waals surface area contributed by atoms with Crippen LogP contribution in [0.3, 0.4) is 0 Å². The summed E-state index contributed by atoms with van der Waals surface area (Å²) in [4.78, 5) is 25.9. The van der Waals surface area contributed by atoms with Crippen LogP contribution in [0, 0.1) is 5.92 Å². The van der Waals surface area contributed by atoms with Crippen molar-refractivity contribution >= 4 is 11.9 Å². The lowest BCUT2D eigenvalue weighted by molar-refractivity contribution is -0.121. The molecule has 0 radical (unpaired) electrons. The molecule has 1 unspecified atom stereocenters. The molecule has 118 valence electrons. The number of hydrogen-bond acceptors (Lipinski definition) is 4. The Kier molecular flexibility index (Phi) is 4.43. The highest BCUT2D eigenvalue weighted by Gasteiger charge is 2.31. The van der Waals surface area contributed by atoms with Crippen molar-refractivity contribution in [2.75, 3.05) is 26.7 Å². The second-order valence-corrected chi connectivity index (χ2v) is 6.12. The number of carbonyl (C=O) groups is 2. The third-order valence-corrected chi connectivity index (χ3v) is 4.45. The van der Waals surface area contributed by atoms with Gasteiger partial charge in [0.05, 0.1) is 12.7 Å². The van der Waals surface area contributed by atoms with Gasteiger partial charge in [0, 0.05) is 32.1 Å². The molecular formula is C17H22N2O3. The Balaban J connectivity index is 1.80. The molecule has 1 saturated carbocycles. The monoisotopic (exact) mass is 302 g/mol. The number of amides is 1. The molecule has 0 aromatic heterocycles. The van der Waals surface area contributed by atoms with Gasteiger partial charge in [-0.2, -0.15) is 0 Å². The summed E-state index contributed by atoms with van der Waals surface area (Å²) in [6.07, 6.45) is 3.07. The lowest BCUT2D eigenvalue weighted by atomic mass is 10.00. The van der Waals surface area contributed by atoms with Crippen LogP contribution in [-0.2, 0) is 9.53 Å². The van der Waals surface area contributed by atoms with E-state index >= 15 is 0 Å². The fourth-order valence-electron chi connectivity index (χ4n) is 3.01. The summed E-state index contributed by atoms with van der Waals surface area (Å²) in [5, 5.41) is 2.95. The smallest absolute Gasteiger partial charge is 0.337 e. The third-order valence-electron chi connectivity index (χ3n) is 4.45. The predicted octanol–water partition coefficient (Wildman–Crippen LogP) is 1.75. The summed E-state index contributed by atoms with van der Waals surface area (Å²) < 4.78 is 4.73. The summed E-state index contributed by atoms with van der Waals surface area (Å²) in [5.41, 5.74) is 1.63. The zero-order valence-electron chi connectivity index (χ0n) is 12.9. The van der Waals surface area contributed by atoms with Crippen molar-refractivity contribution in [3.63, 3.8) is 0 Å². The predicted molar refractivity (Wildman–Crippen MR) is 82.4 cm³/mol. The van der Waals surface area contributed by atoms with E-state index in [2.05, 4.69) is 10.2 Å². The highest BCUT2D eigenvalue weighted by atomic mass is 16.5. The average molecular weight is 302 g/mol. The molecule has 1 N–H and O–H groups in total. The van der Waals surface area contributed by atoms with Gasteiger partial charge in [-0.25, -0.2) is 4.79 Å². The second kappa shape index (κ2) is 6.48. The quantitative estimate of drug-likeness (QED) is 0.861. The Morgan fingerprint density at radius 3 is 2.68 bits per heavy atom. The van der Waals surface area contributed by atoms with Gasteiger partial charge in [0.25, 0.3) is 0 Å². The first-order valence-corrected chi connectivity index (χ1v) is 7.86. The van der Waals surface area contributed by atoms with Crippen molar-refractivity contribution in [1.82, 2.24) is 10.2 Å². The first kappa shape index (κ1) is 15.0. The van der Waals surface area contributed by atoms with Gasteiger partial charge in [0.1, 0.15) is 0 Å². The highest BCUT2D eigenvalue weighted by molar-refractivity contribution is 5.89. The highest BCUT2D eigenvalue weighted by Crippen LogP contribution is 2.34. The number of ether oxygens (including phenoxy) is 1. The molecule has 2 fully saturated rings. The van der Waals surface area contributed by atoms with Gasteiger partial charge in [0.2, 0.25) is 5.91 Å². The molecule has 1 aliphatic carbocycles. The van der Waals surface area contributed by atoms with Crippen molar-refractivity contribution < 1.29 is 14.3 Å². The Hall–Kier alpha value is -1.88. The Labute approximate surface area is 130 Å². The lowest BCUT2D eigenvalue weighted by Crippen LogP contribution is -2.32. The molecule has 1 aromatic carbocycles. The fourth-order valence-corrected chi connectivity index (χ4v) is 3.01. The van der Waals surface area contributed by atoms with Crippen molar-refractivity contribution in [3.8, 4) is 0 Å². The average Bonchev–Trinajstić information content (AvgIpc) is 3.36. The van der Waals surface area contributed by atoms with Crippen LogP contribution in [0.2, 0.25) is 0 Å². The molecule has 5 heteroatoms. The Morgan fingerprint density at radius 2 is 2.05 bits per heavy atom. The van der Waals surface area contributed by atoms with E-state index in [9.17, 15) is 9.59 Å². The molecule has 1 aliphatic heterocycles. The second-order valence-electron chi connectivity index (χ2n) is 6.12. The largest absolute Gasteiger partial charge is 0.465 e. The maximum absolute atomic E-state index is 11.9. The van der Waals surface area contributed by atoms with Crippen LogP contribution in [0.5, 0.6) is 0 Å². The van der Waals surface area contributed by atoms with Gasteiger partial charge in [-0.1, -0.05) is 12.1 Å². The first-order valence-electron chi connectivity index (χ1n) is 7.86. The molecule has 1 aromatic rings. The summed E-state index contributed by atoms with van der Waals surface area (Å²) in [5.74, 6) is 0.547. The van der Waals surface area contributed by atoms with Gasteiger partial charge >= 0.3 is 5.97 Å². The van der Waals surface area contributed by atoms with Gasteiger partial charge in [0.15, 0.2) is 0 Å². The van der Waals surface area contributed by atoms with Crippen LogP contribution in [0.1, 0.15) is 41.2 Å². The number of nitrogens with one attached hydrogen (secondary N) is 1. The van der Waals surface area contributed by atoms with E-state index in [1.54, 1.807) is 12.1 Å². The number of esters is 1. The van der Waals surface area contributed by atoms with Crippen LogP contribution in [0.25, 0.3) is 0 Å². The van der Waals surface area contributed by atoms with E-state index in [1.807, 2.05) is 12.1 Å². The molecule has 2 aliphatic rings. The maximum atomic E-state index is 11.9. The molecule has 1 heterocycles. The molecule has 0 bridgehead atoms. The summed E-state index contributed by atoms with van der Waals surface area (Å²) >= 11 is 0. The summed E-state index contributed by atoms with van der Waals surface area (Å²) in [6, 6.07) is 7.53. The van der Waals surface area contributed by atoms with E-state index in [0.717, 1.165) is 24.6 Å². The zero-order chi connectivity index (χ0) is 15.5. The molecule has 3 rings (SSSR count). The third kappa shape index (κ3) is 3.47. The van der Waals surface area contributed by atoms with Crippen molar-refractivity contribution in [1.29, 1.82) is 0 Å². The van der Waals surface area contributed by atoms with Crippen molar-refractivity contribution in [3.05, 3.63) is 35.4 Å². The lowest BCUT2D eigenvalue weighted by Gasteiger charge is -2.29. The van der Waals surface area contributed by atoms with E-state index in [0.29, 0.717) is 18.5 Å². The normalized spacial score (nSPS) is 22.8. The van der Waals surface area contributed by atoms with Gasteiger partial charge < -0.3 is 10.1 Å². The van der Waals surface area contributed by atoms with E-state index in [4.69, 9.17) is 4.74 Å². The fraction of sp³-hybridized carbons (Fsp3) is 0.529. The molecule has 0 spiro atoms. The molecule has 1 amide bonds. The minimum atomic E-state index is -0.333. The minimum absolute atomic E-state index is 0.0924. The first-order chi connectivity index (χ1) is 10.7. The molecular weight excluding hydrogens is 280 g/mol. The SMILES string of the molecule is COC(=O)c1ccc(C2CC(=O)NCCN2CC2CC2)cc1. The van der Waals surface area contributed by atoms with Gasteiger partial charge in [-0.05, 0) is 36.5 Å². The van der Waals surface area contributed by atoms with Crippen molar-refractivity contribution in [2.24, 2.45) is 5.92 Å².